The van der Waals surface area contributed by atoms with Gasteiger partial charge >= 0.3 is 5.97 Å². The normalized spacial score (nSPS) is 10.3. The van der Waals surface area contributed by atoms with Gasteiger partial charge in [-0.15, -0.1) is 0 Å². The van der Waals surface area contributed by atoms with Crippen LogP contribution < -0.4 is 4.74 Å². The minimum atomic E-state index is -1.08. The highest BCUT2D eigenvalue weighted by Gasteiger charge is 2.16. The highest BCUT2D eigenvalue weighted by Crippen LogP contribution is 2.23. The highest BCUT2D eigenvalue weighted by atomic mass is 16.5. The largest absolute Gasteiger partial charge is 0.496 e. The van der Waals surface area contributed by atoms with Crippen molar-refractivity contribution in [2.75, 3.05) is 7.11 Å². The number of Topliss-reactive ketones (excluding diaryl/α,β-unsaturated/α-hetero) is 1. The Hall–Kier alpha value is -2.56. The Morgan fingerprint density at radius 3 is 2.45 bits per heavy atom. The molecule has 0 spiro atoms. The number of carboxylic acids is 1. The van der Waals surface area contributed by atoms with E-state index in [0.29, 0.717) is 11.3 Å². The number of aromatic carboxylic acids is 1. The first-order valence-electron chi connectivity index (χ1n) is 6.05. The Morgan fingerprint density at radius 1 is 1.25 bits per heavy atom. The molecule has 5 heteroatoms. The van der Waals surface area contributed by atoms with Crippen LogP contribution in [0.5, 0.6) is 5.75 Å². The zero-order valence-corrected chi connectivity index (χ0v) is 11.5. The molecule has 0 bridgehead atoms. The number of methoxy groups -OCH3 is 1. The van der Waals surface area contributed by atoms with Crippen molar-refractivity contribution in [3.05, 3.63) is 47.3 Å². The van der Waals surface area contributed by atoms with Gasteiger partial charge in [0.2, 0.25) is 0 Å². The lowest BCUT2D eigenvalue weighted by Gasteiger charge is -2.10. The molecule has 2 aromatic rings. The van der Waals surface area contributed by atoms with Gasteiger partial charge in [0.1, 0.15) is 11.4 Å². The van der Waals surface area contributed by atoms with E-state index in [2.05, 4.69) is 0 Å². The van der Waals surface area contributed by atoms with Crippen LogP contribution in [0.25, 0.3) is 5.69 Å². The van der Waals surface area contributed by atoms with E-state index in [-0.39, 0.29) is 11.5 Å². The monoisotopic (exact) mass is 273 g/mol. The average Bonchev–Trinajstić information content (AvgIpc) is 2.84. The first kappa shape index (κ1) is 13.9. The van der Waals surface area contributed by atoms with E-state index < -0.39 is 5.97 Å². The summed E-state index contributed by atoms with van der Waals surface area (Å²) in [5, 5.41) is 9.24. The molecule has 104 valence electrons. The Bertz CT molecular complexity index is 685. The number of rotatable bonds is 4. The predicted octanol–water partition coefficient (Wildman–Crippen LogP) is 2.70. The van der Waals surface area contributed by atoms with Crippen LogP contribution in [0.2, 0.25) is 0 Å². The van der Waals surface area contributed by atoms with Gasteiger partial charge in [0.05, 0.1) is 7.11 Å². The molecule has 20 heavy (non-hydrogen) atoms. The Labute approximate surface area is 116 Å². The van der Waals surface area contributed by atoms with E-state index in [4.69, 9.17) is 4.74 Å². The van der Waals surface area contributed by atoms with Crippen LogP contribution >= 0.6 is 0 Å². The first-order chi connectivity index (χ1) is 9.43. The number of carbonyl (C=O) groups excluding carboxylic acids is 1. The summed E-state index contributed by atoms with van der Waals surface area (Å²) in [7, 11) is 1.58. The third kappa shape index (κ3) is 2.42. The van der Waals surface area contributed by atoms with Crippen molar-refractivity contribution in [2.45, 2.75) is 13.8 Å². The molecule has 1 N–H and O–H groups in total. The molecule has 1 aromatic heterocycles. The van der Waals surface area contributed by atoms with Crippen molar-refractivity contribution in [1.82, 2.24) is 4.57 Å². The molecule has 0 aliphatic heterocycles. The van der Waals surface area contributed by atoms with Gasteiger partial charge in [0.15, 0.2) is 5.78 Å². The number of hydrogen-bond donors (Lipinski definition) is 1. The number of nitrogens with zero attached hydrogens (tertiary/aromatic N) is 1. The second-order valence-corrected chi connectivity index (χ2v) is 4.50. The number of carbonyl (C=O) groups is 2. The topological polar surface area (TPSA) is 68.5 Å². The molecule has 0 saturated carbocycles. The van der Waals surface area contributed by atoms with Gasteiger partial charge in [-0.1, -0.05) is 0 Å². The van der Waals surface area contributed by atoms with Crippen LogP contribution in [-0.2, 0) is 0 Å². The highest BCUT2D eigenvalue weighted by molar-refractivity contribution is 5.97. The molecule has 0 unspecified atom stereocenters. The van der Waals surface area contributed by atoms with E-state index in [0.717, 1.165) is 11.3 Å². The molecule has 0 saturated heterocycles. The maximum absolute atomic E-state index is 11.4. The zero-order valence-electron chi connectivity index (χ0n) is 11.5. The smallest absolute Gasteiger partial charge is 0.352 e. The van der Waals surface area contributed by atoms with Crippen LogP contribution in [0.3, 0.4) is 0 Å². The number of carboxylic acid groups (broad SMARTS) is 1. The maximum atomic E-state index is 11.4. The Morgan fingerprint density at radius 2 is 1.95 bits per heavy atom. The summed E-state index contributed by atoms with van der Waals surface area (Å²) in [5.74, 6) is -0.521. The zero-order chi connectivity index (χ0) is 14.9. The van der Waals surface area contributed by atoms with Crippen LogP contribution in [0.4, 0.5) is 0 Å². The molecule has 0 aliphatic carbocycles. The summed E-state index contributed by atoms with van der Waals surface area (Å²) in [5.41, 5.74) is 1.99. The molecular formula is C15H15NO4. The van der Waals surface area contributed by atoms with Gasteiger partial charge in [0, 0.05) is 17.4 Å². The SMILES string of the molecule is COc1ccc(-n2cc(C(C)=O)cc2C(=O)O)cc1C. The molecule has 0 aliphatic rings. The van der Waals surface area contributed by atoms with Crippen LogP contribution in [0, 0.1) is 6.92 Å². The van der Waals surface area contributed by atoms with Gasteiger partial charge in [-0.2, -0.15) is 0 Å². The van der Waals surface area contributed by atoms with E-state index in [9.17, 15) is 14.7 Å². The summed E-state index contributed by atoms with van der Waals surface area (Å²) in [4.78, 5) is 22.7. The third-order valence-corrected chi connectivity index (χ3v) is 3.10. The van der Waals surface area contributed by atoms with Crippen molar-refractivity contribution >= 4 is 11.8 Å². The molecular weight excluding hydrogens is 258 g/mol. The number of hydrogen-bond acceptors (Lipinski definition) is 3. The minimum Gasteiger partial charge on any atom is -0.496 e. The van der Waals surface area contributed by atoms with Gasteiger partial charge in [0.25, 0.3) is 0 Å². The quantitative estimate of drug-likeness (QED) is 0.870. The number of ether oxygens (including phenoxy) is 1. The number of aryl methyl sites for hydroxylation is 1. The summed E-state index contributed by atoms with van der Waals surface area (Å²) < 4.78 is 6.67. The maximum Gasteiger partial charge on any atom is 0.352 e. The lowest BCUT2D eigenvalue weighted by molar-refractivity contribution is 0.0688. The fourth-order valence-electron chi connectivity index (χ4n) is 2.05. The molecule has 0 fully saturated rings. The fourth-order valence-corrected chi connectivity index (χ4v) is 2.05. The molecule has 0 radical (unpaired) electrons. The van der Waals surface area contributed by atoms with Crippen LogP contribution in [0.1, 0.15) is 33.3 Å². The number of aromatic nitrogens is 1. The molecule has 1 heterocycles. The average molecular weight is 273 g/mol. The Kier molecular flexibility index (Phi) is 3.61. The van der Waals surface area contributed by atoms with E-state index in [1.807, 2.05) is 13.0 Å². The van der Waals surface area contributed by atoms with Crippen molar-refractivity contribution in [2.24, 2.45) is 0 Å². The first-order valence-corrected chi connectivity index (χ1v) is 6.05. The summed E-state index contributed by atoms with van der Waals surface area (Å²) >= 11 is 0. The van der Waals surface area contributed by atoms with Gasteiger partial charge in [-0.05, 0) is 43.7 Å². The standard InChI is InChI=1S/C15H15NO4/c1-9-6-12(4-5-14(9)20-3)16-8-11(10(2)17)7-13(16)15(18)19/h4-8H,1-3H3,(H,18,19). The van der Waals surface area contributed by atoms with Gasteiger partial charge < -0.3 is 14.4 Å². The summed E-state index contributed by atoms with van der Waals surface area (Å²) in [6.45, 7) is 3.28. The van der Waals surface area contributed by atoms with E-state index in [1.165, 1.54) is 23.8 Å². The van der Waals surface area contributed by atoms with E-state index >= 15 is 0 Å². The van der Waals surface area contributed by atoms with Gasteiger partial charge in [-0.3, -0.25) is 4.79 Å². The molecule has 0 atom stereocenters. The van der Waals surface area contributed by atoms with Crippen LogP contribution in [0.15, 0.2) is 30.5 Å². The lowest BCUT2D eigenvalue weighted by Crippen LogP contribution is -2.05. The molecule has 2 rings (SSSR count). The Balaban J connectivity index is 2.59. The number of ketones is 1. The van der Waals surface area contributed by atoms with Crippen LogP contribution in [-0.4, -0.2) is 28.5 Å². The third-order valence-electron chi connectivity index (χ3n) is 3.10. The van der Waals surface area contributed by atoms with Crippen molar-refractivity contribution in [3.8, 4) is 11.4 Å². The minimum absolute atomic E-state index is 0.0553. The summed E-state index contributed by atoms with van der Waals surface area (Å²) in [6.07, 6.45) is 1.53. The molecule has 0 amide bonds. The predicted molar refractivity (Wildman–Crippen MR) is 74.0 cm³/mol. The van der Waals surface area contributed by atoms with Crippen molar-refractivity contribution in [3.63, 3.8) is 0 Å². The number of benzene rings is 1. The van der Waals surface area contributed by atoms with Crippen molar-refractivity contribution in [1.29, 1.82) is 0 Å². The fraction of sp³-hybridized carbons (Fsp3) is 0.200. The van der Waals surface area contributed by atoms with Gasteiger partial charge in [-0.25, -0.2) is 4.79 Å². The second kappa shape index (κ2) is 5.21. The molecule has 1 aromatic carbocycles. The lowest BCUT2D eigenvalue weighted by atomic mass is 10.2. The second-order valence-electron chi connectivity index (χ2n) is 4.50. The van der Waals surface area contributed by atoms with Crippen molar-refractivity contribution < 1.29 is 19.4 Å². The summed E-state index contributed by atoms with van der Waals surface area (Å²) in [6, 6.07) is 6.71. The molecule has 5 nitrogen and oxygen atoms in total. The van der Waals surface area contributed by atoms with E-state index in [1.54, 1.807) is 19.2 Å².